The van der Waals surface area contributed by atoms with Gasteiger partial charge in [-0.15, -0.1) is 0 Å². The Morgan fingerprint density at radius 3 is 2.42 bits per heavy atom. The third-order valence-electron chi connectivity index (χ3n) is 8.12. The third kappa shape index (κ3) is 6.21. The van der Waals surface area contributed by atoms with Crippen molar-refractivity contribution in [3.05, 3.63) is 64.9 Å². The molecule has 3 rings (SSSR count). The lowest BCUT2D eigenvalue weighted by Gasteiger charge is -2.32. The van der Waals surface area contributed by atoms with Crippen LogP contribution in [0.1, 0.15) is 89.5 Å². The van der Waals surface area contributed by atoms with Crippen molar-refractivity contribution in [3.8, 4) is 0 Å². The van der Waals surface area contributed by atoms with E-state index in [4.69, 9.17) is 0 Å². The van der Waals surface area contributed by atoms with Gasteiger partial charge in [0.05, 0.1) is 12.2 Å². The molecule has 1 N–H and O–H groups in total. The first-order chi connectivity index (χ1) is 17.1. The van der Waals surface area contributed by atoms with Gasteiger partial charge >= 0.3 is 0 Å². The molecule has 0 bridgehead atoms. The number of nitrogens with one attached hydrogen (secondary N) is 1. The summed E-state index contributed by atoms with van der Waals surface area (Å²) in [5.74, 6) is 1.67. The SMILES string of the molecule is C=C/C(C)=C(\C=C(\C)C(C)CC)c1[nH]c2ccc(C3CCN(CC(=O)N(C)C)CC3)cc2c1C(C)C. The lowest BCUT2D eigenvalue weighted by Crippen LogP contribution is -2.40. The lowest BCUT2D eigenvalue weighted by molar-refractivity contribution is -0.130. The van der Waals surface area contributed by atoms with Gasteiger partial charge in [0.15, 0.2) is 0 Å². The first-order valence-electron chi connectivity index (χ1n) is 13.7. The average molecular weight is 490 g/mol. The van der Waals surface area contributed by atoms with E-state index < -0.39 is 0 Å². The van der Waals surface area contributed by atoms with Gasteiger partial charge in [-0.1, -0.05) is 58.1 Å². The lowest BCUT2D eigenvalue weighted by atomic mass is 9.87. The molecular weight excluding hydrogens is 442 g/mol. The fraction of sp³-hybridized carbons (Fsp3) is 0.531. The van der Waals surface area contributed by atoms with Crippen molar-refractivity contribution in [2.45, 2.75) is 72.6 Å². The summed E-state index contributed by atoms with van der Waals surface area (Å²) in [4.78, 5) is 19.9. The average Bonchev–Trinajstić information content (AvgIpc) is 3.25. The Morgan fingerprint density at radius 1 is 1.19 bits per heavy atom. The number of hydrogen-bond acceptors (Lipinski definition) is 2. The number of rotatable bonds is 9. The number of benzene rings is 1. The number of carbonyl (C=O) groups excluding carboxylic acids is 1. The number of aromatic nitrogens is 1. The summed E-state index contributed by atoms with van der Waals surface area (Å²) < 4.78 is 0. The van der Waals surface area contributed by atoms with Crippen LogP contribution in [0, 0.1) is 5.92 Å². The Balaban J connectivity index is 1.97. The molecular formula is C32H47N3O. The first-order valence-corrected chi connectivity index (χ1v) is 13.7. The van der Waals surface area contributed by atoms with Gasteiger partial charge in [-0.05, 0) is 92.8 Å². The highest BCUT2D eigenvalue weighted by Gasteiger charge is 2.24. The molecule has 0 spiro atoms. The molecule has 4 nitrogen and oxygen atoms in total. The zero-order valence-electron chi connectivity index (χ0n) is 23.9. The van der Waals surface area contributed by atoms with Crippen LogP contribution in [0.4, 0.5) is 0 Å². The van der Waals surface area contributed by atoms with Crippen molar-refractivity contribution < 1.29 is 4.79 Å². The summed E-state index contributed by atoms with van der Waals surface area (Å²) in [5.41, 5.74) is 9.11. The molecule has 0 aliphatic carbocycles. The van der Waals surface area contributed by atoms with Gasteiger partial charge in [-0.25, -0.2) is 0 Å². The molecule has 1 saturated heterocycles. The van der Waals surface area contributed by atoms with Crippen LogP contribution in [-0.4, -0.2) is 54.4 Å². The number of fused-ring (bicyclic) bond motifs is 1. The van der Waals surface area contributed by atoms with Crippen molar-refractivity contribution in [1.82, 2.24) is 14.8 Å². The van der Waals surface area contributed by atoms with Crippen molar-refractivity contribution in [1.29, 1.82) is 0 Å². The molecule has 0 saturated carbocycles. The van der Waals surface area contributed by atoms with Crippen LogP contribution in [0.15, 0.2) is 48.1 Å². The number of piperidine rings is 1. The van der Waals surface area contributed by atoms with Crippen LogP contribution in [-0.2, 0) is 4.79 Å². The normalized spacial score (nSPS) is 17.4. The van der Waals surface area contributed by atoms with Crippen LogP contribution in [0.25, 0.3) is 16.5 Å². The van der Waals surface area contributed by atoms with Crippen LogP contribution in [0.5, 0.6) is 0 Å². The van der Waals surface area contributed by atoms with Crippen molar-refractivity contribution in [2.24, 2.45) is 5.92 Å². The Labute approximate surface area is 219 Å². The van der Waals surface area contributed by atoms with Crippen molar-refractivity contribution in [2.75, 3.05) is 33.7 Å². The van der Waals surface area contributed by atoms with E-state index >= 15 is 0 Å². The number of allylic oxidation sites excluding steroid dienone is 5. The second-order valence-electron chi connectivity index (χ2n) is 11.2. The second-order valence-corrected chi connectivity index (χ2v) is 11.2. The zero-order valence-corrected chi connectivity index (χ0v) is 23.9. The summed E-state index contributed by atoms with van der Waals surface area (Å²) in [6.07, 6.45) is 7.67. The smallest absolute Gasteiger partial charge is 0.236 e. The molecule has 2 aromatic rings. The Bertz CT molecular complexity index is 1140. The molecule has 1 aliphatic rings. The van der Waals surface area contributed by atoms with E-state index in [1.165, 1.54) is 44.4 Å². The Hall–Kier alpha value is -2.59. The molecule has 1 aromatic heterocycles. The number of hydrogen-bond donors (Lipinski definition) is 1. The predicted octanol–water partition coefficient (Wildman–Crippen LogP) is 7.51. The van der Waals surface area contributed by atoms with E-state index in [1.807, 2.05) is 20.2 Å². The van der Waals surface area contributed by atoms with Crippen molar-refractivity contribution >= 4 is 22.4 Å². The van der Waals surface area contributed by atoms with Gasteiger partial charge in [0.25, 0.3) is 0 Å². The molecule has 2 heterocycles. The minimum Gasteiger partial charge on any atom is -0.354 e. The molecule has 1 aromatic carbocycles. The highest BCUT2D eigenvalue weighted by molar-refractivity contribution is 5.93. The number of H-pyrrole nitrogens is 1. The van der Waals surface area contributed by atoms with E-state index in [-0.39, 0.29) is 5.91 Å². The molecule has 1 fully saturated rings. The number of likely N-dealkylation sites (N-methyl/N-ethyl adjacent to an activating group) is 1. The molecule has 196 valence electrons. The standard InChI is InChI=1S/C32H47N3O/c1-10-22(5)24(7)18-27(23(6)11-2)32-31(21(3)4)28-19-26(12-13-29(28)33-32)25-14-16-35(17-15-25)20-30(36)34(8)9/h11-13,18-19,21-22,25,33H,2,10,14-17,20H2,1,3-9H3/b24-18-,27-23+. The molecule has 4 heteroatoms. The van der Waals surface area contributed by atoms with E-state index in [0.717, 1.165) is 32.4 Å². The monoisotopic (exact) mass is 489 g/mol. The number of aromatic amines is 1. The Kier molecular flexibility index (Phi) is 9.41. The molecule has 0 radical (unpaired) electrons. The van der Waals surface area contributed by atoms with E-state index in [9.17, 15) is 4.79 Å². The van der Waals surface area contributed by atoms with Crippen molar-refractivity contribution in [3.63, 3.8) is 0 Å². The maximum absolute atomic E-state index is 12.1. The van der Waals surface area contributed by atoms with Gasteiger partial charge in [0.1, 0.15) is 0 Å². The maximum atomic E-state index is 12.1. The van der Waals surface area contributed by atoms with Gasteiger partial charge in [-0.2, -0.15) is 0 Å². The molecule has 36 heavy (non-hydrogen) atoms. The molecule has 1 aliphatic heterocycles. The quantitative estimate of drug-likeness (QED) is 0.370. The summed E-state index contributed by atoms with van der Waals surface area (Å²) >= 11 is 0. The van der Waals surface area contributed by atoms with E-state index in [2.05, 4.69) is 82.3 Å². The van der Waals surface area contributed by atoms with Gasteiger partial charge in [-0.3, -0.25) is 9.69 Å². The summed E-state index contributed by atoms with van der Waals surface area (Å²) in [6.45, 7) is 20.1. The largest absolute Gasteiger partial charge is 0.354 e. The topological polar surface area (TPSA) is 39.3 Å². The van der Waals surface area contributed by atoms with E-state index in [0.29, 0.717) is 24.3 Å². The zero-order chi connectivity index (χ0) is 26.6. The minimum absolute atomic E-state index is 0.188. The van der Waals surface area contributed by atoms with Gasteiger partial charge < -0.3 is 9.88 Å². The number of amides is 1. The number of carbonyl (C=O) groups is 1. The van der Waals surface area contributed by atoms with Crippen LogP contribution in [0.2, 0.25) is 0 Å². The fourth-order valence-corrected chi connectivity index (χ4v) is 5.24. The van der Waals surface area contributed by atoms with Crippen LogP contribution in [0.3, 0.4) is 0 Å². The van der Waals surface area contributed by atoms with Gasteiger partial charge in [0, 0.05) is 30.6 Å². The fourth-order valence-electron chi connectivity index (χ4n) is 5.24. The summed E-state index contributed by atoms with van der Waals surface area (Å²) in [7, 11) is 3.67. The highest BCUT2D eigenvalue weighted by Crippen LogP contribution is 2.38. The highest BCUT2D eigenvalue weighted by atomic mass is 16.2. The molecule has 1 atom stereocenters. The van der Waals surface area contributed by atoms with E-state index in [1.54, 1.807) is 4.90 Å². The summed E-state index contributed by atoms with van der Waals surface area (Å²) in [5, 5.41) is 1.34. The second kappa shape index (κ2) is 12.1. The molecule has 1 unspecified atom stereocenters. The third-order valence-corrected chi connectivity index (χ3v) is 8.12. The van der Waals surface area contributed by atoms with Gasteiger partial charge in [0.2, 0.25) is 5.91 Å². The first kappa shape index (κ1) is 28.0. The minimum atomic E-state index is 0.188. The number of nitrogens with zero attached hydrogens (tertiary/aromatic N) is 2. The molecule has 1 amide bonds. The summed E-state index contributed by atoms with van der Waals surface area (Å²) in [6, 6.07) is 7.01. The number of likely N-dealkylation sites (tertiary alicyclic amines) is 1. The predicted molar refractivity (Wildman–Crippen MR) is 155 cm³/mol. The van der Waals surface area contributed by atoms with Crippen LogP contribution < -0.4 is 0 Å². The van der Waals surface area contributed by atoms with Crippen LogP contribution >= 0.6 is 0 Å². The maximum Gasteiger partial charge on any atom is 0.236 e. The Morgan fingerprint density at radius 2 is 1.86 bits per heavy atom.